The van der Waals surface area contributed by atoms with E-state index < -0.39 is 0 Å². The summed E-state index contributed by atoms with van der Waals surface area (Å²) in [5, 5.41) is 0.943. The molecule has 0 spiro atoms. The Bertz CT molecular complexity index is 490. The second kappa shape index (κ2) is 4.58. The molecule has 94 valence electrons. The van der Waals surface area contributed by atoms with E-state index in [4.69, 9.17) is 5.84 Å². The van der Waals surface area contributed by atoms with E-state index in [1.165, 1.54) is 7.05 Å². The van der Waals surface area contributed by atoms with E-state index in [2.05, 4.69) is 0 Å². The molecule has 6 nitrogen and oxygen atoms in total. The number of carbonyl (C=O) groups excluding carboxylic acids is 3. The second-order valence-corrected chi connectivity index (χ2v) is 4.06. The smallest absolute Gasteiger partial charge is 0.261 e. The van der Waals surface area contributed by atoms with E-state index in [1.54, 1.807) is 24.3 Å². The fourth-order valence-electron chi connectivity index (χ4n) is 1.83. The summed E-state index contributed by atoms with van der Waals surface area (Å²) < 4.78 is 0. The molecular formula is C12H13N3O3. The topological polar surface area (TPSA) is 83.7 Å². The Hall–Kier alpha value is -2.21. The van der Waals surface area contributed by atoms with Crippen molar-refractivity contribution in [2.75, 3.05) is 13.6 Å². The summed E-state index contributed by atoms with van der Waals surface area (Å²) >= 11 is 0. The van der Waals surface area contributed by atoms with Gasteiger partial charge in [0.05, 0.1) is 11.1 Å². The number of hydrogen-bond donors (Lipinski definition) is 1. The van der Waals surface area contributed by atoms with E-state index in [0.29, 0.717) is 11.1 Å². The molecule has 2 rings (SSSR count). The minimum Gasteiger partial charge on any atom is -0.284 e. The molecule has 0 saturated heterocycles. The van der Waals surface area contributed by atoms with Crippen molar-refractivity contribution in [2.24, 2.45) is 5.84 Å². The highest BCUT2D eigenvalue weighted by atomic mass is 16.2. The van der Waals surface area contributed by atoms with Crippen LogP contribution in [-0.2, 0) is 4.79 Å². The maximum absolute atomic E-state index is 11.9. The largest absolute Gasteiger partial charge is 0.284 e. The van der Waals surface area contributed by atoms with Gasteiger partial charge in [0.25, 0.3) is 11.8 Å². The monoisotopic (exact) mass is 247 g/mol. The third kappa shape index (κ3) is 1.98. The summed E-state index contributed by atoms with van der Waals surface area (Å²) in [6.45, 7) is 0.0483. The van der Waals surface area contributed by atoms with Crippen molar-refractivity contribution in [2.45, 2.75) is 6.42 Å². The Morgan fingerprint density at radius 3 is 2.17 bits per heavy atom. The van der Waals surface area contributed by atoms with E-state index in [1.807, 2.05) is 0 Å². The van der Waals surface area contributed by atoms with Crippen molar-refractivity contribution in [3.8, 4) is 0 Å². The number of rotatable bonds is 3. The molecule has 0 saturated carbocycles. The first-order valence-corrected chi connectivity index (χ1v) is 5.49. The fraction of sp³-hybridized carbons (Fsp3) is 0.250. The average Bonchev–Trinajstić information content (AvgIpc) is 2.60. The zero-order valence-electron chi connectivity index (χ0n) is 9.92. The van der Waals surface area contributed by atoms with E-state index in [-0.39, 0.29) is 30.7 Å². The third-order valence-electron chi connectivity index (χ3n) is 2.82. The molecule has 1 aromatic carbocycles. The number of fused-ring (bicyclic) bond motifs is 1. The molecule has 3 amide bonds. The maximum atomic E-state index is 11.9. The molecular weight excluding hydrogens is 234 g/mol. The van der Waals surface area contributed by atoms with Gasteiger partial charge >= 0.3 is 0 Å². The Labute approximate surface area is 104 Å². The summed E-state index contributed by atoms with van der Waals surface area (Å²) in [4.78, 5) is 36.3. The van der Waals surface area contributed by atoms with E-state index >= 15 is 0 Å². The third-order valence-corrected chi connectivity index (χ3v) is 2.82. The average molecular weight is 247 g/mol. The molecule has 0 radical (unpaired) electrons. The maximum Gasteiger partial charge on any atom is 0.261 e. The van der Waals surface area contributed by atoms with Crippen molar-refractivity contribution in [3.63, 3.8) is 0 Å². The molecule has 0 fully saturated rings. The Kier molecular flexibility index (Phi) is 3.12. The highest BCUT2D eigenvalue weighted by Crippen LogP contribution is 2.22. The van der Waals surface area contributed by atoms with Gasteiger partial charge in [-0.15, -0.1) is 0 Å². The zero-order chi connectivity index (χ0) is 13.3. The standard InChI is InChI=1S/C12H13N3O3/c1-14(13)10(16)6-7-15-11(17)8-4-2-3-5-9(8)12(15)18/h2-5H,6-7,13H2,1H3. The molecule has 0 unspecified atom stereocenters. The SMILES string of the molecule is CN(N)C(=O)CCN1C(=O)c2ccccc2C1=O. The van der Waals surface area contributed by atoms with Gasteiger partial charge in [0.15, 0.2) is 0 Å². The van der Waals surface area contributed by atoms with Crippen LogP contribution in [0.5, 0.6) is 0 Å². The number of hydrogen-bond acceptors (Lipinski definition) is 4. The van der Waals surface area contributed by atoms with Gasteiger partial charge in [0.2, 0.25) is 5.91 Å². The summed E-state index contributed by atoms with van der Waals surface area (Å²) in [5.41, 5.74) is 0.770. The van der Waals surface area contributed by atoms with Crippen LogP contribution in [0.25, 0.3) is 0 Å². The van der Waals surface area contributed by atoms with E-state index in [0.717, 1.165) is 9.91 Å². The normalized spacial score (nSPS) is 13.8. The number of benzene rings is 1. The van der Waals surface area contributed by atoms with Gasteiger partial charge in [-0.2, -0.15) is 0 Å². The fourth-order valence-corrected chi connectivity index (χ4v) is 1.83. The number of amides is 3. The Balaban J connectivity index is 2.12. The molecule has 1 aliphatic heterocycles. The highest BCUT2D eigenvalue weighted by molar-refractivity contribution is 6.21. The van der Waals surface area contributed by atoms with Crippen molar-refractivity contribution in [1.29, 1.82) is 0 Å². The van der Waals surface area contributed by atoms with Crippen molar-refractivity contribution < 1.29 is 14.4 Å². The molecule has 0 atom stereocenters. The predicted molar refractivity (Wildman–Crippen MR) is 63.4 cm³/mol. The number of nitrogens with two attached hydrogens (primary N) is 1. The van der Waals surface area contributed by atoms with Crippen LogP contribution in [0, 0.1) is 0 Å². The Morgan fingerprint density at radius 1 is 1.22 bits per heavy atom. The quantitative estimate of drug-likeness (QED) is 0.353. The lowest BCUT2D eigenvalue weighted by atomic mass is 10.1. The minimum atomic E-state index is -0.358. The number of imide groups is 1. The van der Waals surface area contributed by atoms with Crippen LogP contribution in [0.2, 0.25) is 0 Å². The summed E-state index contributed by atoms with van der Waals surface area (Å²) in [5.74, 6) is 4.23. The highest BCUT2D eigenvalue weighted by Gasteiger charge is 2.34. The molecule has 2 N–H and O–H groups in total. The molecule has 0 aliphatic carbocycles. The van der Waals surface area contributed by atoms with Crippen molar-refractivity contribution in [3.05, 3.63) is 35.4 Å². The van der Waals surface area contributed by atoms with Crippen molar-refractivity contribution >= 4 is 17.7 Å². The van der Waals surface area contributed by atoms with Gasteiger partial charge in [-0.3, -0.25) is 24.3 Å². The van der Waals surface area contributed by atoms with Gasteiger partial charge < -0.3 is 0 Å². The van der Waals surface area contributed by atoms with Gasteiger partial charge in [-0.05, 0) is 12.1 Å². The first kappa shape index (κ1) is 12.3. The Morgan fingerprint density at radius 2 is 1.72 bits per heavy atom. The van der Waals surface area contributed by atoms with Crippen LogP contribution in [0.1, 0.15) is 27.1 Å². The lowest BCUT2D eigenvalue weighted by Crippen LogP contribution is -2.38. The zero-order valence-corrected chi connectivity index (χ0v) is 9.92. The van der Waals surface area contributed by atoms with Crippen LogP contribution < -0.4 is 5.84 Å². The molecule has 18 heavy (non-hydrogen) atoms. The van der Waals surface area contributed by atoms with Crippen LogP contribution in [-0.4, -0.2) is 41.2 Å². The molecule has 1 heterocycles. The van der Waals surface area contributed by atoms with Gasteiger partial charge in [-0.25, -0.2) is 5.84 Å². The van der Waals surface area contributed by atoms with Gasteiger partial charge in [0.1, 0.15) is 0 Å². The van der Waals surface area contributed by atoms with Crippen LogP contribution >= 0.6 is 0 Å². The van der Waals surface area contributed by atoms with Crippen LogP contribution in [0.4, 0.5) is 0 Å². The second-order valence-electron chi connectivity index (χ2n) is 4.06. The molecule has 1 aliphatic rings. The summed E-state index contributed by atoms with van der Waals surface area (Å²) in [6.07, 6.45) is 0.0263. The van der Waals surface area contributed by atoms with Crippen LogP contribution in [0.3, 0.4) is 0 Å². The minimum absolute atomic E-state index is 0.0263. The molecule has 0 bridgehead atoms. The first-order chi connectivity index (χ1) is 8.52. The first-order valence-electron chi connectivity index (χ1n) is 5.49. The predicted octanol–water partition coefficient (Wildman–Crippen LogP) is 0.00480. The summed E-state index contributed by atoms with van der Waals surface area (Å²) in [6, 6.07) is 6.61. The summed E-state index contributed by atoms with van der Waals surface area (Å²) in [7, 11) is 1.42. The van der Waals surface area contributed by atoms with E-state index in [9.17, 15) is 14.4 Å². The lowest BCUT2D eigenvalue weighted by Gasteiger charge is -2.15. The number of nitrogens with zero attached hydrogens (tertiary/aromatic N) is 2. The number of hydrazine groups is 1. The molecule has 1 aromatic rings. The molecule has 6 heteroatoms. The molecule has 0 aromatic heterocycles. The van der Waals surface area contributed by atoms with Gasteiger partial charge in [0, 0.05) is 20.0 Å². The van der Waals surface area contributed by atoms with Crippen LogP contribution in [0.15, 0.2) is 24.3 Å². The van der Waals surface area contributed by atoms with Crippen molar-refractivity contribution in [1.82, 2.24) is 9.91 Å². The number of carbonyl (C=O) groups is 3. The van der Waals surface area contributed by atoms with Gasteiger partial charge in [-0.1, -0.05) is 12.1 Å². The lowest BCUT2D eigenvalue weighted by molar-refractivity contribution is -0.130.